The van der Waals surface area contributed by atoms with E-state index in [0.29, 0.717) is 67.8 Å². The summed E-state index contributed by atoms with van der Waals surface area (Å²) in [5, 5.41) is 4.27. The third kappa shape index (κ3) is 4.47. The van der Waals surface area contributed by atoms with Gasteiger partial charge in [0.25, 0.3) is 5.91 Å². The second-order valence-electron chi connectivity index (χ2n) is 9.95. The van der Waals surface area contributed by atoms with Gasteiger partial charge in [-0.3, -0.25) is 14.4 Å². The van der Waals surface area contributed by atoms with Crippen molar-refractivity contribution in [2.24, 2.45) is 7.05 Å². The number of amides is 1. The lowest BCUT2D eigenvalue weighted by atomic mass is 10.0. The molecule has 3 aromatic rings. The van der Waals surface area contributed by atoms with E-state index in [-0.39, 0.29) is 17.4 Å². The summed E-state index contributed by atoms with van der Waals surface area (Å²) < 4.78 is 28.8. The molecule has 0 bridgehead atoms. The van der Waals surface area contributed by atoms with Crippen molar-refractivity contribution in [2.75, 3.05) is 70.6 Å². The van der Waals surface area contributed by atoms with E-state index < -0.39 is 5.82 Å². The molecule has 6 rings (SSSR count). The highest BCUT2D eigenvalue weighted by atomic mass is 19.1. The summed E-state index contributed by atoms with van der Waals surface area (Å²) >= 11 is 0. The van der Waals surface area contributed by atoms with Gasteiger partial charge in [0.05, 0.1) is 32.6 Å². The number of nitrogens with one attached hydrogen (secondary N) is 1. The zero-order valence-electron chi connectivity index (χ0n) is 21.4. The summed E-state index contributed by atoms with van der Waals surface area (Å²) in [5.74, 6) is -0.424. The van der Waals surface area contributed by atoms with Crippen LogP contribution in [0.2, 0.25) is 0 Å². The molecule has 3 fully saturated rings. The normalized spacial score (nSPS) is 20.2. The van der Waals surface area contributed by atoms with Gasteiger partial charge >= 0.3 is 0 Å². The van der Waals surface area contributed by atoms with Crippen molar-refractivity contribution < 1.29 is 18.7 Å². The van der Waals surface area contributed by atoms with E-state index in [4.69, 9.17) is 9.47 Å². The Morgan fingerprint density at radius 2 is 1.70 bits per heavy atom. The van der Waals surface area contributed by atoms with Gasteiger partial charge in [0.1, 0.15) is 16.9 Å². The van der Waals surface area contributed by atoms with E-state index in [0.717, 1.165) is 44.8 Å². The molecule has 198 valence electrons. The van der Waals surface area contributed by atoms with E-state index in [9.17, 15) is 4.79 Å². The predicted octanol–water partition coefficient (Wildman–Crippen LogP) is 1.58. The van der Waals surface area contributed by atoms with Gasteiger partial charge in [-0.1, -0.05) is 0 Å². The number of carbonyl (C=O) groups is 1. The molecule has 3 aliphatic heterocycles. The van der Waals surface area contributed by atoms with E-state index in [1.54, 1.807) is 10.9 Å². The van der Waals surface area contributed by atoms with Crippen molar-refractivity contribution in [1.29, 1.82) is 0 Å². The molecule has 3 aliphatic rings. The molecule has 37 heavy (non-hydrogen) atoms. The predicted molar refractivity (Wildman–Crippen MR) is 135 cm³/mol. The lowest BCUT2D eigenvalue weighted by Gasteiger charge is -2.39. The van der Waals surface area contributed by atoms with Gasteiger partial charge in [-0.05, 0) is 19.8 Å². The van der Waals surface area contributed by atoms with Crippen molar-refractivity contribution in [3.8, 4) is 11.3 Å². The molecule has 1 N–H and O–H groups in total. The molecule has 0 atom stereocenters. The number of anilines is 1. The largest absolute Gasteiger partial charge is 0.379 e. The van der Waals surface area contributed by atoms with Gasteiger partial charge in [-0.2, -0.15) is 5.10 Å². The number of hydrogen-bond acceptors (Lipinski definition) is 8. The number of aromatic nitrogens is 5. The minimum atomic E-state index is -0.445. The molecule has 0 radical (unpaired) electrons. The molecule has 1 amide bonds. The number of pyridine rings is 1. The van der Waals surface area contributed by atoms with Gasteiger partial charge in [0.15, 0.2) is 17.3 Å². The van der Waals surface area contributed by atoms with Gasteiger partial charge in [-0.25, -0.2) is 14.4 Å². The number of nitrogens with zero attached hydrogens (tertiary/aromatic N) is 7. The van der Waals surface area contributed by atoms with E-state index in [1.165, 1.54) is 0 Å². The number of aromatic amines is 1. The van der Waals surface area contributed by atoms with Gasteiger partial charge in [0, 0.05) is 63.6 Å². The fourth-order valence-corrected chi connectivity index (χ4v) is 5.61. The summed E-state index contributed by atoms with van der Waals surface area (Å²) in [6, 6.07) is 0.470. The number of rotatable bonds is 4. The number of likely N-dealkylation sites (tertiary alicyclic amines) is 1. The van der Waals surface area contributed by atoms with Crippen molar-refractivity contribution in [3.05, 3.63) is 23.5 Å². The molecule has 0 unspecified atom stereocenters. The summed E-state index contributed by atoms with van der Waals surface area (Å²) in [7, 11) is 1.81. The quantitative estimate of drug-likeness (QED) is 0.562. The maximum Gasteiger partial charge on any atom is 0.289 e. The topological polar surface area (TPSA) is 105 Å². The standard InChI is InChI=1S/C25H33FN8O3/c1-16-18(15-27-31(16)2)20-19(26)22(33-9-13-37-14-10-33)21-23(28-20)30-24(29-21)25(35)34-5-3-17(4-6-34)32-7-11-36-12-8-32/h15,17H,3-14H2,1-2H3,(H,28,29,30). The number of piperidine rings is 1. The molecular weight excluding hydrogens is 479 g/mol. The van der Waals surface area contributed by atoms with Crippen LogP contribution in [0, 0.1) is 12.7 Å². The summed E-state index contributed by atoms with van der Waals surface area (Å²) in [6.45, 7) is 8.73. The highest BCUT2D eigenvalue weighted by Gasteiger charge is 2.31. The Labute approximate surface area is 214 Å². The second-order valence-corrected chi connectivity index (χ2v) is 9.95. The zero-order chi connectivity index (χ0) is 25.5. The Balaban J connectivity index is 1.32. The van der Waals surface area contributed by atoms with Crippen LogP contribution >= 0.6 is 0 Å². The van der Waals surface area contributed by atoms with Crippen LogP contribution < -0.4 is 4.90 Å². The number of H-pyrrole nitrogens is 1. The van der Waals surface area contributed by atoms with Crippen LogP contribution in [0.5, 0.6) is 0 Å². The highest BCUT2D eigenvalue weighted by molar-refractivity contribution is 5.97. The van der Waals surface area contributed by atoms with E-state index in [1.807, 2.05) is 23.8 Å². The fraction of sp³-hybridized carbons (Fsp3) is 0.600. The fourth-order valence-electron chi connectivity index (χ4n) is 5.61. The monoisotopic (exact) mass is 512 g/mol. The van der Waals surface area contributed by atoms with Crippen LogP contribution in [-0.2, 0) is 16.5 Å². The van der Waals surface area contributed by atoms with Crippen LogP contribution in [0.3, 0.4) is 0 Å². The molecule has 3 aromatic heterocycles. The zero-order valence-corrected chi connectivity index (χ0v) is 21.4. The molecule has 0 saturated carbocycles. The smallest absolute Gasteiger partial charge is 0.289 e. The third-order valence-electron chi connectivity index (χ3n) is 7.89. The third-order valence-corrected chi connectivity index (χ3v) is 7.89. The number of carbonyl (C=O) groups excluding carboxylic acids is 1. The first kappa shape index (κ1) is 24.3. The lowest BCUT2D eigenvalue weighted by Crippen LogP contribution is -2.50. The van der Waals surface area contributed by atoms with Gasteiger partial charge < -0.3 is 24.3 Å². The Hall–Kier alpha value is -3.09. The first-order valence-corrected chi connectivity index (χ1v) is 13.0. The summed E-state index contributed by atoms with van der Waals surface area (Å²) in [4.78, 5) is 32.0. The minimum absolute atomic E-state index is 0.175. The first-order chi connectivity index (χ1) is 18.0. The average Bonchev–Trinajstić information content (AvgIpc) is 3.51. The molecule has 12 heteroatoms. The Morgan fingerprint density at radius 3 is 2.35 bits per heavy atom. The summed E-state index contributed by atoms with van der Waals surface area (Å²) in [6.07, 6.45) is 3.46. The van der Waals surface area contributed by atoms with Crippen LogP contribution in [-0.4, -0.2) is 112 Å². The highest BCUT2D eigenvalue weighted by Crippen LogP contribution is 2.35. The number of imidazole rings is 1. The van der Waals surface area contributed by atoms with Gasteiger partial charge in [0.2, 0.25) is 0 Å². The Bertz CT molecular complexity index is 1290. The molecule has 3 saturated heterocycles. The summed E-state index contributed by atoms with van der Waals surface area (Å²) in [5.41, 5.74) is 2.75. The molecule has 0 aliphatic carbocycles. The van der Waals surface area contributed by atoms with Crippen molar-refractivity contribution in [1.82, 2.24) is 34.5 Å². The van der Waals surface area contributed by atoms with E-state index in [2.05, 4.69) is 25.0 Å². The molecular formula is C25H33FN8O3. The molecule has 0 spiro atoms. The lowest BCUT2D eigenvalue weighted by molar-refractivity contribution is 0.00147. The number of fused-ring (bicyclic) bond motifs is 1. The van der Waals surface area contributed by atoms with Crippen LogP contribution in [0.1, 0.15) is 29.2 Å². The first-order valence-electron chi connectivity index (χ1n) is 13.0. The Kier molecular flexibility index (Phi) is 6.55. The maximum atomic E-state index is 16.1. The molecule has 11 nitrogen and oxygen atoms in total. The minimum Gasteiger partial charge on any atom is -0.379 e. The number of halogens is 1. The van der Waals surface area contributed by atoms with Crippen LogP contribution in [0.25, 0.3) is 22.4 Å². The second kappa shape index (κ2) is 9.99. The van der Waals surface area contributed by atoms with Crippen molar-refractivity contribution in [2.45, 2.75) is 25.8 Å². The van der Waals surface area contributed by atoms with E-state index >= 15 is 4.39 Å². The number of aryl methyl sites for hydroxylation is 1. The van der Waals surface area contributed by atoms with Crippen LogP contribution in [0.15, 0.2) is 6.20 Å². The van der Waals surface area contributed by atoms with Crippen LogP contribution in [0.4, 0.5) is 10.1 Å². The van der Waals surface area contributed by atoms with Crippen molar-refractivity contribution in [3.63, 3.8) is 0 Å². The number of ether oxygens (including phenoxy) is 2. The van der Waals surface area contributed by atoms with Crippen molar-refractivity contribution >= 4 is 22.8 Å². The Morgan fingerprint density at radius 1 is 1.03 bits per heavy atom. The SMILES string of the molecule is Cc1c(-c2nc3nc(C(=O)N4CCC(N5CCOCC5)CC4)[nH]c3c(N3CCOCC3)c2F)cnn1C. The molecule has 6 heterocycles. The number of hydrogen-bond donors (Lipinski definition) is 1. The molecule has 0 aromatic carbocycles. The van der Waals surface area contributed by atoms with Gasteiger partial charge in [-0.15, -0.1) is 0 Å². The number of morpholine rings is 2. The average molecular weight is 513 g/mol. The maximum absolute atomic E-state index is 16.1.